The summed E-state index contributed by atoms with van der Waals surface area (Å²) < 4.78 is 21.1. The Balaban J connectivity index is 3.17. The summed E-state index contributed by atoms with van der Waals surface area (Å²) in [6.45, 7) is 5.30. The Bertz CT molecular complexity index is 192. The third-order valence-electron chi connectivity index (χ3n) is 2.05. The molecule has 2 atom stereocenters. The minimum atomic E-state index is -0.729. The second kappa shape index (κ2) is 12.4. The summed E-state index contributed by atoms with van der Waals surface area (Å²) in [4.78, 5) is 0. The van der Waals surface area contributed by atoms with E-state index in [1.165, 1.54) is 0 Å². The summed E-state index contributed by atoms with van der Waals surface area (Å²) in [5.41, 5.74) is 0. The molecule has 5 nitrogen and oxygen atoms in total. The molecule has 2 N–H and O–H groups in total. The molecule has 0 rings (SSSR count). The number of rotatable bonds is 12. The summed E-state index contributed by atoms with van der Waals surface area (Å²) in [6, 6.07) is 0. The zero-order valence-corrected chi connectivity index (χ0v) is 11.6. The first-order valence-corrected chi connectivity index (χ1v) is 7.73. The van der Waals surface area contributed by atoms with Crippen molar-refractivity contribution in [2.75, 3.05) is 51.5 Å². The summed E-state index contributed by atoms with van der Waals surface area (Å²) in [5, 5.41) is 12.6. The Morgan fingerprint density at radius 3 is 2.71 bits per heavy atom. The lowest BCUT2D eigenvalue weighted by Gasteiger charge is -2.12. The molecular formula is C11H25NO4S. The SMILES string of the molecule is CCOCCOCC(O)CNCCCS(C)=O. The lowest BCUT2D eigenvalue weighted by Crippen LogP contribution is -2.31. The van der Waals surface area contributed by atoms with Gasteiger partial charge in [0.15, 0.2) is 0 Å². The fraction of sp³-hybridized carbons (Fsp3) is 1.00. The van der Waals surface area contributed by atoms with Gasteiger partial charge in [-0.2, -0.15) is 0 Å². The minimum absolute atomic E-state index is 0.319. The van der Waals surface area contributed by atoms with Crippen LogP contribution in [0.1, 0.15) is 13.3 Å². The van der Waals surface area contributed by atoms with Gasteiger partial charge in [0, 0.05) is 36.0 Å². The van der Waals surface area contributed by atoms with Crippen molar-refractivity contribution in [1.29, 1.82) is 0 Å². The van der Waals surface area contributed by atoms with Gasteiger partial charge < -0.3 is 19.9 Å². The Morgan fingerprint density at radius 1 is 1.35 bits per heavy atom. The molecule has 0 heterocycles. The molecule has 0 saturated heterocycles. The van der Waals surface area contributed by atoms with Gasteiger partial charge in [-0.15, -0.1) is 0 Å². The standard InChI is InChI=1S/C11H25NO4S/c1-3-15-6-7-16-10-11(13)9-12-5-4-8-17(2)14/h11-13H,3-10H2,1-2H3. The van der Waals surface area contributed by atoms with Gasteiger partial charge in [0.25, 0.3) is 0 Å². The molecule has 0 aliphatic rings. The average Bonchev–Trinajstić information content (AvgIpc) is 2.28. The molecule has 0 aromatic heterocycles. The first-order chi connectivity index (χ1) is 8.16. The lowest BCUT2D eigenvalue weighted by atomic mass is 10.3. The van der Waals surface area contributed by atoms with Crippen molar-refractivity contribution in [3.63, 3.8) is 0 Å². The number of hydrogen-bond acceptors (Lipinski definition) is 5. The van der Waals surface area contributed by atoms with Crippen LogP contribution in [0.3, 0.4) is 0 Å². The number of ether oxygens (including phenoxy) is 2. The first-order valence-electron chi connectivity index (χ1n) is 6.01. The van der Waals surface area contributed by atoms with Crippen LogP contribution in [0.2, 0.25) is 0 Å². The highest BCUT2D eigenvalue weighted by Gasteiger charge is 2.03. The van der Waals surface area contributed by atoms with E-state index in [1.54, 1.807) is 6.26 Å². The van der Waals surface area contributed by atoms with Crippen LogP contribution >= 0.6 is 0 Å². The van der Waals surface area contributed by atoms with Crippen molar-refractivity contribution in [2.24, 2.45) is 0 Å². The van der Waals surface area contributed by atoms with Crippen molar-refractivity contribution in [3.05, 3.63) is 0 Å². The molecule has 0 radical (unpaired) electrons. The van der Waals surface area contributed by atoms with Gasteiger partial charge in [0.05, 0.1) is 25.9 Å². The third-order valence-corrected chi connectivity index (χ3v) is 2.92. The molecule has 104 valence electrons. The number of hydrogen-bond donors (Lipinski definition) is 2. The zero-order valence-electron chi connectivity index (χ0n) is 10.8. The van der Waals surface area contributed by atoms with Crippen LogP contribution in [-0.2, 0) is 20.3 Å². The quantitative estimate of drug-likeness (QED) is 0.478. The summed E-state index contributed by atoms with van der Waals surface area (Å²) >= 11 is 0. The molecule has 0 aliphatic heterocycles. The van der Waals surface area contributed by atoms with E-state index in [9.17, 15) is 9.32 Å². The van der Waals surface area contributed by atoms with E-state index in [2.05, 4.69) is 5.32 Å². The monoisotopic (exact) mass is 267 g/mol. The molecular weight excluding hydrogens is 242 g/mol. The van der Waals surface area contributed by atoms with Crippen molar-refractivity contribution in [2.45, 2.75) is 19.4 Å². The third kappa shape index (κ3) is 13.9. The lowest BCUT2D eigenvalue weighted by molar-refractivity contribution is 0.00658. The van der Waals surface area contributed by atoms with Crippen LogP contribution in [0, 0.1) is 0 Å². The van der Waals surface area contributed by atoms with E-state index in [0.717, 1.165) is 13.0 Å². The maximum absolute atomic E-state index is 10.8. The van der Waals surface area contributed by atoms with Crippen molar-refractivity contribution in [1.82, 2.24) is 5.32 Å². The molecule has 0 bridgehead atoms. The fourth-order valence-corrected chi connectivity index (χ4v) is 1.76. The summed E-state index contributed by atoms with van der Waals surface area (Å²) in [5.74, 6) is 0.702. The Hall–Kier alpha value is -0.0100. The maximum atomic E-state index is 10.8. The molecule has 0 spiro atoms. The van der Waals surface area contributed by atoms with E-state index >= 15 is 0 Å². The summed E-state index contributed by atoms with van der Waals surface area (Å²) in [6.07, 6.45) is 2.06. The highest BCUT2D eigenvalue weighted by molar-refractivity contribution is 7.84. The predicted octanol–water partition coefficient (Wildman–Crippen LogP) is -0.241. The molecule has 0 amide bonds. The minimum Gasteiger partial charge on any atom is -0.389 e. The van der Waals surface area contributed by atoms with Crippen LogP contribution in [0.25, 0.3) is 0 Å². The van der Waals surface area contributed by atoms with Crippen LogP contribution in [0.15, 0.2) is 0 Å². The molecule has 0 aromatic rings. The van der Waals surface area contributed by atoms with Crippen LogP contribution in [0.4, 0.5) is 0 Å². The van der Waals surface area contributed by atoms with Crippen LogP contribution in [0.5, 0.6) is 0 Å². The van der Waals surface area contributed by atoms with E-state index in [0.29, 0.717) is 38.7 Å². The van der Waals surface area contributed by atoms with E-state index in [-0.39, 0.29) is 0 Å². The van der Waals surface area contributed by atoms with Gasteiger partial charge in [-0.3, -0.25) is 4.21 Å². The molecule has 6 heteroatoms. The summed E-state index contributed by atoms with van der Waals surface area (Å²) in [7, 11) is -0.729. The highest BCUT2D eigenvalue weighted by Crippen LogP contribution is 1.86. The largest absolute Gasteiger partial charge is 0.389 e. The normalized spacial score (nSPS) is 14.8. The van der Waals surface area contributed by atoms with Crippen molar-refractivity contribution >= 4 is 10.8 Å². The molecule has 0 fully saturated rings. The maximum Gasteiger partial charge on any atom is 0.0897 e. The Kier molecular flexibility index (Phi) is 12.4. The second-order valence-electron chi connectivity index (χ2n) is 3.76. The number of aliphatic hydroxyl groups is 1. The smallest absolute Gasteiger partial charge is 0.0897 e. The van der Waals surface area contributed by atoms with Crippen LogP contribution < -0.4 is 5.32 Å². The van der Waals surface area contributed by atoms with Crippen molar-refractivity contribution < 1.29 is 18.8 Å². The number of aliphatic hydroxyl groups excluding tert-OH is 1. The van der Waals surface area contributed by atoms with Crippen molar-refractivity contribution in [3.8, 4) is 0 Å². The number of nitrogens with one attached hydrogen (secondary N) is 1. The zero-order chi connectivity index (χ0) is 12.9. The van der Waals surface area contributed by atoms with E-state index in [4.69, 9.17) is 9.47 Å². The Labute approximate surface area is 106 Å². The first kappa shape index (κ1) is 17.0. The molecule has 0 aromatic carbocycles. The van der Waals surface area contributed by atoms with Gasteiger partial charge in [-0.1, -0.05) is 0 Å². The average molecular weight is 267 g/mol. The van der Waals surface area contributed by atoms with Gasteiger partial charge in [-0.05, 0) is 19.9 Å². The van der Waals surface area contributed by atoms with E-state index in [1.807, 2.05) is 6.92 Å². The molecule has 0 aliphatic carbocycles. The molecule has 0 saturated carbocycles. The molecule has 2 unspecified atom stereocenters. The Morgan fingerprint density at radius 2 is 2.06 bits per heavy atom. The van der Waals surface area contributed by atoms with Gasteiger partial charge in [-0.25, -0.2) is 0 Å². The highest BCUT2D eigenvalue weighted by atomic mass is 32.2. The predicted molar refractivity (Wildman–Crippen MR) is 69.7 cm³/mol. The second-order valence-corrected chi connectivity index (χ2v) is 5.32. The van der Waals surface area contributed by atoms with Gasteiger partial charge in [0.1, 0.15) is 0 Å². The topological polar surface area (TPSA) is 67.8 Å². The van der Waals surface area contributed by atoms with Gasteiger partial charge >= 0.3 is 0 Å². The molecule has 17 heavy (non-hydrogen) atoms. The van der Waals surface area contributed by atoms with Crippen LogP contribution in [-0.4, -0.2) is 66.9 Å². The van der Waals surface area contributed by atoms with Gasteiger partial charge in [0.2, 0.25) is 0 Å². The van der Waals surface area contributed by atoms with E-state index < -0.39 is 16.9 Å². The fourth-order valence-electron chi connectivity index (χ4n) is 1.21.